The van der Waals surface area contributed by atoms with E-state index in [1.165, 1.54) is 5.56 Å². The summed E-state index contributed by atoms with van der Waals surface area (Å²) in [5.41, 5.74) is 2.27. The zero-order valence-corrected chi connectivity index (χ0v) is 8.86. The van der Waals surface area contributed by atoms with Crippen LogP contribution in [0.5, 0.6) is 0 Å². The van der Waals surface area contributed by atoms with Crippen LogP contribution in [0, 0.1) is 0 Å². The Morgan fingerprint density at radius 1 is 1.36 bits per heavy atom. The van der Waals surface area contributed by atoms with E-state index in [0.29, 0.717) is 0 Å². The van der Waals surface area contributed by atoms with Crippen LogP contribution in [0.3, 0.4) is 0 Å². The van der Waals surface area contributed by atoms with Gasteiger partial charge in [0.25, 0.3) is 0 Å². The molecule has 0 spiro atoms. The van der Waals surface area contributed by atoms with Gasteiger partial charge in [-0.2, -0.15) is 0 Å². The van der Waals surface area contributed by atoms with E-state index in [-0.39, 0.29) is 0 Å². The van der Waals surface area contributed by atoms with Crippen LogP contribution in [0.4, 0.5) is 5.69 Å². The maximum atomic E-state index is 10.8. The molecule has 0 aromatic heterocycles. The number of carbonyl (C=O) groups excluding carboxylic acids is 1. The first-order valence-electron chi connectivity index (χ1n) is 5.12. The zero-order valence-electron chi connectivity index (χ0n) is 8.86. The van der Waals surface area contributed by atoms with Crippen molar-refractivity contribution in [3.8, 4) is 0 Å². The molecule has 14 heavy (non-hydrogen) atoms. The number of nitrogens with zero attached hydrogens (tertiary/aromatic N) is 1. The van der Waals surface area contributed by atoms with Crippen LogP contribution in [-0.2, 0) is 11.2 Å². The van der Waals surface area contributed by atoms with Gasteiger partial charge in [0.15, 0.2) is 0 Å². The molecule has 0 aliphatic rings. The van der Waals surface area contributed by atoms with Gasteiger partial charge < -0.3 is 4.90 Å². The molecule has 0 heterocycles. The average molecular weight is 191 g/mol. The van der Waals surface area contributed by atoms with E-state index in [1.54, 1.807) is 4.90 Å². The molecule has 1 amide bonds. The Kier molecular flexibility index (Phi) is 4.17. The fourth-order valence-corrected chi connectivity index (χ4v) is 1.44. The molecule has 0 aliphatic heterocycles. The van der Waals surface area contributed by atoms with Gasteiger partial charge in [-0.05, 0) is 30.5 Å². The van der Waals surface area contributed by atoms with E-state index in [4.69, 9.17) is 0 Å². The first-order chi connectivity index (χ1) is 6.81. The van der Waals surface area contributed by atoms with Crippen molar-refractivity contribution in [1.82, 2.24) is 0 Å². The molecule has 0 unspecified atom stereocenters. The molecule has 0 N–H and O–H groups in total. The molecule has 0 fully saturated rings. The summed E-state index contributed by atoms with van der Waals surface area (Å²) in [6.45, 7) is 4.97. The van der Waals surface area contributed by atoms with Gasteiger partial charge in [-0.1, -0.05) is 26.0 Å². The predicted molar refractivity (Wildman–Crippen MR) is 59.5 cm³/mol. The molecular weight excluding hydrogens is 174 g/mol. The third kappa shape index (κ3) is 2.59. The predicted octanol–water partition coefficient (Wildman–Crippen LogP) is 2.62. The summed E-state index contributed by atoms with van der Waals surface area (Å²) >= 11 is 0. The van der Waals surface area contributed by atoms with Crippen LogP contribution in [0.15, 0.2) is 24.3 Å². The van der Waals surface area contributed by atoms with Crippen molar-refractivity contribution in [2.75, 3.05) is 11.4 Å². The number of carbonyl (C=O) groups is 1. The van der Waals surface area contributed by atoms with Gasteiger partial charge >= 0.3 is 0 Å². The van der Waals surface area contributed by atoms with Gasteiger partial charge in [0.1, 0.15) is 0 Å². The molecule has 0 aliphatic carbocycles. The largest absolute Gasteiger partial charge is 0.315 e. The topological polar surface area (TPSA) is 20.3 Å². The van der Waals surface area contributed by atoms with Crippen molar-refractivity contribution in [3.63, 3.8) is 0 Å². The Morgan fingerprint density at radius 2 is 2.14 bits per heavy atom. The number of benzene rings is 1. The minimum Gasteiger partial charge on any atom is -0.315 e. The molecule has 0 saturated carbocycles. The van der Waals surface area contributed by atoms with Crippen LogP contribution in [-0.4, -0.2) is 13.0 Å². The lowest BCUT2D eigenvalue weighted by Gasteiger charge is -2.16. The number of aryl methyl sites for hydroxylation is 1. The molecule has 0 atom stereocenters. The van der Waals surface area contributed by atoms with Crippen LogP contribution in [0.2, 0.25) is 0 Å². The Hall–Kier alpha value is -1.31. The highest BCUT2D eigenvalue weighted by Gasteiger charge is 2.03. The number of hydrogen-bond acceptors (Lipinski definition) is 1. The normalized spacial score (nSPS) is 9.86. The van der Waals surface area contributed by atoms with Gasteiger partial charge in [-0.3, -0.25) is 4.79 Å². The third-order valence-corrected chi connectivity index (χ3v) is 2.24. The van der Waals surface area contributed by atoms with Crippen LogP contribution in [0.25, 0.3) is 0 Å². The molecule has 76 valence electrons. The summed E-state index contributed by atoms with van der Waals surface area (Å²) in [6.07, 6.45) is 2.89. The Bertz CT molecular complexity index is 296. The highest BCUT2D eigenvalue weighted by Crippen LogP contribution is 2.15. The molecule has 2 nitrogen and oxygen atoms in total. The summed E-state index contributed by atoms with van der Waals surface area (Å²) in [5, 5.41) is 0. The molecule has 0 bridgehead atoms. The highest BCUT2D eigenvalue weighted by molar-refractivity contribution is 5.75. The lowest BCUT2D eigenvalue weighted by Crippen LogP contribution is -2.21. The fraction of sp³-hybridized carbons (Fsp3) is 0.417. The minimum atomic E-state index is 0.788. The zero-order chi connectivity index (χ0) is 10.4. The SMILES string of the molecule is CCCN(C=O)c1cccc(CC)c1. The van der Waals surface area contributed by atoms with E-state index >= 15 is 0 Å². The smallest absolute Gasteiger partial charge is 0.214 e. The summed E-state index contributed by atoms with van der Waals surface area (Å²) in [7, 11) is 0. The van der Waals surface area contributed by atoms with Gasteiger partial charge in [0, 0.05) is 12.2 Å². The number of anilines is 1. The maximum Gasteiger partial charge on any atom is 0.214 e. The second kappa shape index (κ2) is 5.43. The lowest BCUT2D eigenvalue weighted by molar-refractivity contribution is -0.107. The van der Waals surface area contributed by atoms with Crippen molar-refractivity contribution in [2.24, 2.45) is 0 Å². The molecule has 2 heteroatoms. The molecule has 0 radical (unpaired) electrons. The second-order valence-corrected chi connectivity index (χ2v) is 3.32. The van der Waals surface area contributed by atoms with Gasteiger partial charge in [-0.25, -0.2) is 0 Å². The molecule has 1 aromatic carbocycles. The summed E-state index contributed by atoms with van der Waals surface area (Å²) < 4.78 is 0. The molecular formula is C12H17NO. The van der Waals surface area contributed by atoms with E-state index in [1.807, 2.05) is 12.1 Å². The number of rotatable bonds is 5. The lowest BCUT2D eigenvalue weighted by atomic mass is 10.1. The van der Waals surface area contributed by atoms with E-state index < -0.39 is 0 Å². The molecule has 1 rings (SSSR count). The van der Waals surface area contributed by atoms with Gasteiger partial charge in [0.05, 0.1) is 0 Å². The third-order valence-electron chi connectivity index (χ3n) is 2.24. The molecule has 0 saturated heterocycles. The first-order valence-corrected chi connectivity index (χ1v) is 5.12. The Balaban J connectivity index is 2.86. The van der Waals surface area contributed by atoms with Crippen molar-refractivity contribution in [2.45, 2.75) is 26.7 Å². The summed E-state index contributed by atoms with van der Waals surface area (Å²) in [4.78, 5) is 12.6. The van der Waals surface area contributed by atoms with Crippen molar-refractivity contribution >= 4 is 12.1 Å². The van der Waals surface area contributed by atoms with E-state index in [0.717, 1.165) is 31.5 Å². The highest BCUT2D eigenvalue weighted by atomic mass is 16.1. The average Bonchev–Trinajstić information content (AvgIpc) is 2.26. The Morgan fingerprint density at radius 3 is 2.71 bits per heavy atom. The summed E-state index contributed by atoms with van der Waals surface area (Å²) in [5.74, 6) is 0. The van der Waals surface area contributed by atoms with Crippen LogP contribution in [0.1, 0.15) is 25.8 Å². The summed E-state index contributed by atoms with van der Waals surface area (Å²) in [6, 6.07) is 8.13. The van der Waals surface area contributed by atoms with Gasteiger partial charge in [0.2, 0.25) is 6.41 Å². The maximum absolute atomic E-state index is 10.8. The number of hydrogen-bond donors (Lipinski definition) is 0. The molecule has 1 aromatic rings. The van der Waals surface area contributed by atoms with Crippen molar-refractivity contribution in [3.05, 3.63) is 29.8 Å². The second-order valence-electron chi connectivity index (χ2n) is 3.32. The van der Waals surface area contributed by atoms with E-state index in [9.17, 15) is 4.79 Å². The van der Waals surface area contributed by atoms with Crippen LogP contribution < -0.4 is 4.90 Å². The van der Waals surface area contributed by atoms with E-state index in [2.05, 4.69) is 26.0 Å². The monoisotopic (exact) mass is 191 g/mol. The Labute approximate surface area is 85.5 Å². The first kappa shape index (κ1) is 10.8. The quantitative estimate of drug-likeness (QED) is 0.655. The van der Waals surface area contributed by atoms with Crippen molar-refractivity contribution in [1.29, 1.82) is 0 Å². The standard InChI is InChI=1S/C12H17NO/c1-3-8-13(10-14)12-7-5-6-11(4-2)9-12/h5-7,9-10H,3-4,8H2,1-2H3. The fourth-order valence-electron chi connectivity index (χ4n) is 1.44. The minimum absolute atomic E-state index is 0.788. The van der Waals surface area contributed by atoms with Crippen LogP contribution >= 0.6 is 0 Å². The van der Waals surface area contributed by atoms with Crippen molar-refractivity contribution < 1.29 is 4.79 Å². The van der Waals surface area contributed by atoms with Gasteiger partial charge in [-0.15, -0.1) is 0 Å². The number of amides is 1.